The Morgan fingerprint density at radius 3 is 2.82 bits per heavy atom. The molecule has 3 N–H and O–H groups in total. The highest BCUT2D eigenvalue weighted by Gasteiger charge is 2.17. The molecule has 1 atom stereocenters. The van der Waals surface area contributed by atoms with Crippen LogP contribution in [0.3, 0.4) is 0 Å². The number of morpholine rings is 1. The minimum atomic E-state index is 0.0390. The van der Waals surface area contributed by atoms with Gasteiger partial charge in [0.15, 0.2) is 0 Å². The summed E-state index contributed by atoms with van der Waals surface area (Å²) in [6, 6.07) is 19.9. The van der Waals surface area contributed by atoms with Gasteiger partial charge in [-0.1, -0.05) is 29.8 Å². The molecule has 0 radical (unpaired) electrons. The zero-order chi connectivity index (χ0) is 22.2. The van der Waals surface area contributed by atoms with Crippen molar-refractivity contribution in [3.8, 4) is 11.4 Å². The zero-order valence-electron chi connectivity index (χ0n) is 17.7. The van der Waals surface area contributed by atoms with Crippen LogP contribution in [0.5, 0.6) is 0 Å². The molecule has 1 saturated heterocycles. The summed E-state index contributed by atoms with van der Waals surface area (Å²) in [5.41, 5.74) is 5.52. The summed E-state index contributed by atoms with van der Waals surface area (Å²) in [7, 11) is 0. The number of fused-ring (bicyclic) bond motifs is 2. The van der Waals surface area contributed by atoms with Crippen molar-refractivity contribution in [3.63, 3.8) is 0 Å². The Labute approximate surface area is 195 Å². The molecule has 0 amide bonds. The molecule has 6 rings (SSSR count). The van der Waals surface area contributed by atoms with E-state index in [-0.39, 0.29) is 6.10 Å². The maximum absolute atomic E-state index is 6.52. The third-order valence-corrected chi connectivity index (χ3v) is 6.16. The lowest BCUT2D eigenvalue weighted by atomic mass is 10.1. The summed E-state index contributed by atoms with van der Waals surface area (Å²) in [6.45, 7) is 2.40. The summed E-state index contributed by atoms with van der Waals surface area (Å²) in [5.74, 6) is 1.45. The minimum Gasteiger partial charge on any atom is -0.371 e. The fourth-order valence-electron chi connectivity index (χ4n) is 4.16. The van der Waals surface area contributed by atoms with Crippen LogP contribution >= 0.6 is 11.6 Å². The quantitative estimate of drug-likeness (QED) is 0.343. The second kappa shape index (κ2) is 8.44. The van der Waals surface area contributed by atoms with Gasteiger partial charge in [0.05, 0.1) is 34.3 Å². The second-order valence-corrected chi connectivity index (χ2v) is 8.39. The van der Waals surface area contributed by atoms with Crippen molar-refractivity contribution < 1.29 is 4.74 Å². The van der Waals surface area contributed by atoms with Crippen molar-refractivity contribution >= 4 is 45.0 Å². The van der Waals surface area contributed by atoms with E-state index in [1.807, 2.05) is 48.5 Å². The van der Waals surface area contributed by atoms with Gasteiger partial charge in [0.2, 0.25) is 0 Å². The molecular formula is C25H21ClN6O. The molecule has 0 aliphatic carbocycles. The van der Waals surface area contributed by atoms with Crippen LogP contribution in [0.1, 0.15) is 11.7 Å². The number of rotatable bonds is 4. The van der Waals surface area contributed by atoms with Crippen LogP contribution in [-0.4, -0.2) is 39.6 Å². The van der Waals surface area contributed by atoms with E-state index >= 15 is 0 Å². The number of imidazole rings is 1. The topological polar surface area (TPSA) is 87.8 Å². The first-order valence-electron chi connectivity index (χ1n) is 10.8. The molecule has 8 heteroatoms. The molecule has 1 aliphatic rings. The molecule has 5 aromatic rings. The van der Waals surface area contributed by atoms with Gasteiger partial charge in [-0.3, -0.25) is 0 Å². The molecule has 164 valence electrons. The van der Waals surface area contributed by atoms with E-state index < -0.39 is 0 Å². The fraction of sp³-hybridized carbons (Fsp3) is 0.160. The number of benzene rings is 3. The van der Waals surface area contributed by atoms with Crippen LogP contribution in [0.25, 0.3) is 33.3 Å². The highest BCUT2D eigenvalue weighted by Crippen LogP contribution is 2.32. The average molecular weight is 457 g/mol. The number of hydrogen-bond donors (Lipinski definition) is 3. The van der Waals surface area contributed by atoms with Crippen LogP contribution in [0.4, 0.5) is 11.5 Å². The maximum Gasteiger partial charge on any atom is 0.141 e. The van der Waals surface area contributed by atoms with Crippen molar-refractivity contribution in [1.29, 1.82) is 0 Å². The first-order chi connectivity index (χ1) is 16.2. The van der Waals surface area contributed by atoms with E-state index in [1.54, 1.807) is 6.33 Å². The standard InChI is InChI=1S/C25H21ClN6O/c26-19-8-6-16(12-18(19)25-31-20-3-1-2-4-21(20)32-25)30-24-17-7-5-15(11-22(17)28-14-29-24)23-13-27-9-10-33-23/h1-8,11-12,14,23,27H,9-10,13H2,(H,31,32)(H,28,29,30). The molecule has 33 heavy (non-hydrogen) atoms. The summed E-state index contributed by atoms with van der Waals surface area (Å²) >= 11 is 6.52. The van der Waals surface area contributed by atoms with E-state index in [0.717, 1.165) is 63.5 Å². The number of nitrogens with zero attached hydrogens (tertiary/aromatic N) is 3. The number of anilines is 2. The summed E-state index contributed by atoms with van der Waals surface area (Å²) in [6.07, 6.45) is 1.61. The number of H-pyrrole nitrogens is 1. The van der Waals surface area contributed by atoms with Crippen LogP contribution < -0.4 is 10.6 Å². The number of aromatic amines is 1. The largest absolute Gasteiger partial charge is 0.371 e. The number of nitrogens with one attached hydrogen (secondary N) is 3. The SMILES string of the molecule is Clc1ccc(Nc2ncnc3cc(C4CNCCO4)ccc23)cc1-c1nc2ccccc2[nH]1. The summed E-state index contributed by atoms with van der Waals surface area (Å²) in [5, 5.41) is 8.35. The third-order valence-electron chi connectivity index (χ3n) is 5.83. The molecule has 1 fully saturated rings. The van der Waals surface area contributed by atoms with Gasteiger partial charge in [0.1, 0.15) is 18.0 Å². The molecule has 3 aromatic carbocycles. The Morgan fingerprint density at radius 1 is 1.00 bits per heavy atom. The van der Waals surface area contributed by atoms with E-state index in [2.05, 4.69) is 42.7 Å². The monoisotopic (exact) mass is 456 g/mol. The molecule has 0 saturated carbocycles. The predicted octanol–water partition coefficient (Wildman–Crippen LogP) is 5.23. The summed E-state index contributed by atoms with van der Waals surface area (Å²) in [4.78, 5) is 17.0. The van der Waals surface area contributed by atoms with Crippen molar-refractivity contribution in [2.75, 3.05) is 25.0 Å². The average Bonchev–Trinajstić information content (AvgIpc) is 3.30. The van der Waals surface area contributed by atoms with Gasteiger partial charge in [-0.25, -0.2) is 15.0 Å². The van der Waals surface area contributed by atoms with Gasteiger partial charge < -0.3 is 20.4 Å². The van der Waals surface area contributed by atoms with Crippen LogP contribution in [0.2, 0.25) is 5.02 Å². The van der Waals surface area contributed by atoms with Crippen molar-refractivity contribution in [2.45, 2.75) is 6.10 Å². The zero-order valence-corrected chi connectivity index (χ0v) is 18.4. The number of halogens is 1. The second-order valence-electron chi connectivity index (χ2n) is 7.98. The lowest BCUT2D eigenvalue weighted by molar-refractivity contribution is 0.0278. The van der Waals surface area contributed by atoms with Crippen LogP contribution in [0.15, 0.2) is 67.0 Å². The lowest BCUT2D eigenvalue weighted by Crippen LogP contribution is -2.33. The highest BCUT2D eigenvalue weighted by atomic mass is 35.5. The van der Waals surface area contributed by atoms with Gasteiger partial charge in [0, 0.05) is 29.7 Å². The van der Waals surface area contributed by atoms with Crippen molar-refractivity contribution in [2.24, 2.45) is 0 Å². The Bertz CT molecular complexity index is 1430. The smallest absolute Gasteiger partial charge is 0.141 e. The Balaban J connectivity index is 1.33. The fourth-order valence-corrected chi connectivity index (χ4v) is 4.36. The van der Waals surface area contributed by atoms with E-state index in [0.29, 0.717) is 11.6 Å². The number of ether oxygens (including phenoxy) is 1. The van der Waals surface area contributed by atoms with Gasteiger partial charge in [0.25, 0.3) is 0 Å². The first kappa shape index (κ1) is 20.1. The number of para-hydroxylation sites is 2. The van der Waals surface area contributed by atoms with Crippen molar-refractivity contribution in [3.05, 3.63) is 77.6 Å². The number of aromatic nitrogens is 4. The van der Waals surface area contributed by atoms with Gasteiger partial charge in [-0.2, -0.15) is 0 Å². The van der Waals surface area contributed by atoms with Crippen molar-refractivity contribution in [1.82, 2.24) is 25.3 Å². The number of hydrogen-bond acceptors (Lipinski definition) is 6. The minimum absolute atomic E-state index is 0.0390. The lowest BCUT2D eigenvalue weighted by Gasteiger charge is -2.24. The van der Waals surface area contributed by atoms with Gasteiger partial charge in [-0.05, 0) is 48.0 Å². The molecule has 1 aliphatic heterocycles. The Morgan fingerprint density at radius 2 is 1.94 bits per heavy atom. The normalized spacial score (nSPS) is 16.3. The first-order valence-corrected chi connectivity index (χ1v) is 11.2. The molecule has 3 heterocycles. The van der Waals surface area contributed by atoms with Gasteiger partial charge >= 0.3 is 0 Å². The molecule has 0 spiro atoms. The molecule has 1 unspecified atom stereocenters. The molecule has 7 nitrogen and oxygen atoms in total. The Hall–Kier alpha value is -3.52. The summed E-state index contributed by atoms with van der Waals surface area (Å²) < 4.78 is 5.88. The van der Waals surface area contributed by atoms with E-state index in [9.17, 15) is 0 Å². The molecule has 2 aromatic heterocycles. The predicted molar refractivity (Wildman–Crippen MR) is 131 cm³/mol. The van der Waals surface area contributed by atoms with Crippen LogP contribution in [-0.2, 0) is 4.74 Å². The van der Waals surface area contributed by atoms with E-state index in [1.165, 1.54) is 0 Å². The van der Waals surface area contributed by atoms with E-state index in [4.69, 9.17) is 16.3 Å². The van der Waals surface area contributed by atoms with Crippen LogP contribution in [0, 0.1) is 0 Å². The highest BCUT2D eigenvalue weighted by molar-refractivity contribution is 6.33. The van der Waals surface area contributed by atoms with Gasteiger partial charge in [-0.15, -0.1) is 0 Å². The molecular weight excluding hydrogens is 436 g/mol. The third kappa shape index (κ3) is 3.91. The maximum atomic E-state index is 6.52. The Kier molecular flexibility index (Phi) is 5.14. The molecule has 0 bridgehead atoms.